The number of fused-ring (bicyclic) bond motifs is 1. The van der Waals surface area contributed by atoms with Gasteiger partial charge in [-0.05, 0) is 30.3 Å². The van der Waals surface area contributed by atoms with Crippen LogP contribution in [0.5, 0.6) is 0 Å². The number of imidazole rings is 1. The van der Waals surface area contributed by atoms with E-state index in [0.29, 0.717) is 18.8 Å². The van der Waals surface area contributed by atoms with Crippen molar-refractivity contribution in [3.8, 4) is 0 Å². The van der Waals surface area contributed by atoms with Crippen LogP contribution < -0.4 is 4.90 Å². The number of rotatable bonds is 4. The number of ketones is 1. The van der Waals surface area contributed by atoms with Gasteiger partial charge in [-0.3, -0.25) is 9.36 Å². The molecule has 0 N–H and O–H groups in total. The molecule has 1 atom stereocenters. The summed E-state index contributed by atoms with van der Waals surface area (Å²) in [6, 6.07) is 13.8. The standard InChI is InChI=1S/C21H19FN4O/c1-2-17(27)13-20-18-5-3-4-6-19(18)24-21(25-12-11-23-14-25)26(20)16-9-7-15(22)8-10-16/h3-12,14,20H,2,13H2,1H3. The van der Waals surface area contributed by atoms with Crippen molar-refractivity contribution >= 4 is 23.1 Å². The monoisotopic (exact) mass is 362 g/mol. The van der Waals surface area contributed by atoms with E-state index in [-0.39, 0.29) is 17.6 Å². The lowest BCUT2D eigenvalue weighted by molar-refractivity contribution is -0.119. The van der Waals surface area contributed by atoms with Crippen LogP contribution >= 0.6 is 0 Å². The normalized spacial score (nSPS) is 16.0. The van der Waals surface area contributed by atoms with Crippen LogP contribution in [0.25, 0.3) is 0 Å². The lowest BCUT2D eigenvalue weighted by Gasteiger charge is -2.38. The molecule has 0 saturated heterocycles. The highest BCUT2D eigenvalue weighted by Gasteiger charge is 2.33. The van der Waals surface area contributed by atoms with Gasteiger partial charge in [0.25, 0.3) is 0 Å². The van der Waals surface area contributed by atoms with Gasteiger partial charge in [0.05, 0.1) is 11.7 Å². The number of para-hydroxylation sites is 1. The molecule has 0 aliphatic carbocycles. The van der Waals surface area contributed by atoms with Crippen LogP contribution in [0.1, 0.15) is 31.4 Å². The molecule has 6 heteroatoms. The Kier molecular flexibility index (Phi) is 4.54. The lowest BCUT2D eigenvalue weighted by atomic mass is 9.95. The van der Waals surface area contributed by atoms with Crippen molar-refractivity contribution in [3.05, 3.63) is 78.6 Å². The molecule has 0 amide bonds. The molecular formula is C21H19FN4O. The third-order valence-corrected chi connectivity index (χ3v) is 4.70. The number of benzene rings is 2. The van der Waals surface area contributed by atoms with Crippen LogP contribution in [-0.2, 0) is 4.79 Å². The molecule has 0 spiro atoms. The van der Waals surface area contributed by atoms with E-state index in [1.807, 2.05) is 46.9 Å². The van der Waals surface area contributed by atoms with Crippen LogP contribution in [0.4, 0.5) is 15.8 Å². The number of anilines is 1. The molecule has 0 fully saturated rings. The third kappa shape index (κ3) is 3.26. The lowest BCUT2D eigenvalue weighted by Crippen LogP contribution is -2.41. The van der Waals surface area contributed by atoms with Gasteiger partial charge in [0.2, 0.25) is 5.96 Å². The van der Waals surface area contributed by atoms with Gasteiger partial charge in [-0.1, -0.05) is 25.1 Å². The molecule has 2 aromatic carbocycles. The second kappa shape index (κ2) is 7.15. The highest BCUT2D eigenvalue weighted by molar-refractivity contribution is 6.02. The summed E-state index contributed by atoms with van der Waals surface area (Å²) < 4.78 is 15.3. The Hall–Kier alpha value is -3.28. The summed E-state index contributed by atoms with van der Waals surface area (Å²) in [7, 11) is 0. The van der Waals surface area contributed by atoms with Crippen molar-refractivity contribution in [2.75, 3.05) is 4.90 Å². The summed E-state index contributed by atoms with van der Waals surface area (Å²) in [5.41, 5.74) is 2.58. The van der Waals surface area contributed by atoms with Crippen LogP contribution in [-0.4, -0.2) is 21.3 Å². The van der Waals surface area contributed by atoms with Crippen molar-refractivity contribution in [2.24, 2.45) is 4.99 Å². The quantitative estimate of drug-likeness (QED) is 0.687. The van der Waals surface area contributed by atoms with Crippen LogP contribution in [0, 0.1) is 5.82 Å². The van der Waals surface area contributed by atoms with Crippen molar-refractivity contribution in [2.45, 2.75) is 25.8 Å². The van der Waals surface area contributed by atoms with Gasteiger partial charge in [0.1, 0.15) is 17.9 Å². The number of hydrogen-bond acceptors (Lipinski definition) is 4. The van der Waals surface area contributed by atoms with Gasteiger partial charge in [-0.15, -0.1) is 0 Å². The Balaban J connectivity index is 1.91. The molecule has 1 aliphatic rings. The zero-order chi connectivity index (χ0) is 18.8. The molecule has 136 valence electrons. The van der Waals surface area contributed by atoms with E-state index in [9.17, 15) is 9.18 Å². The summed E-state index contributed by atoms with van der Waals surface area (Å²) in [5, 5.41) is 0. The Morgan fingerprint density at radius 3 is 2.63 bits per heavy atom. The molecule has 1 unspecified atom stereocenters. The molecule has 5 nitrogen and oxygen atoms in total. The Labute approximate surface area is 156 Å². The van der Waals surface area contributed by atoms with Crippen LogP contribution in [0.15, 0.2) is 72.2 Å². The van der Waals surface area contributed by atoms with Crippen LogP contribution in [0.3, 0.4) is 0 Å². The van der Waals surface area contributed by atoms with E-state index in [0.717, 1.165) is 16.9 Å². The van der Waals surface area contributed by atoms with Crippen molar-refractivity contribution < 1.29 is 9.18 Å². The predicted molar refractivity (Wildman–Crippen MR) is 103 cm³/mol. The zero-order valence-electron chi connectivity index (χ0n) is 14.9. The fourth-order valence-electron chi connectivity index (χ4n) is 3.33. The number of halogens is 1. The minimum Gasteiger partial charge on any atom is -0.304 e. The summed E-state index contributed by atoms with van der Waals surface area (Å²) in [4.78, 5) is 23.3. The maximum absolute atomic E-state index is 13.5. The van der Waals surface area contributed by atoms with Crippen LogP contribution in [0.2, 0.25) is 0 Å². The largest absolute Gasteiger partial charge is 0.304 e. The fraction of sp³-hybridized carbons (Fsp3) is 0.190. The minimum absolute atomic E-state index is 0.161. The summed E-state index contributed by atoms with van der Waals surface area (Å²) in [6.07, 6.45) is 5.97. The number of nitrogens with zero attached hydrogens (tertiary/aromatic N) is 4. The first kappa shape index (κ1) is 17.1. The highest BCUT2D eigenvalue weighted by Crippen LogP contribution is 2.40. The van der Waals surface area contributed by atoms with Crippen molar-refractivity contribution in [3.63, 3.8) is 0 Å². The average Bonchev–Trinajstić information content (AvgIpc) is 3.23. The number of carbonyl (C=O) groups is 1. The molecule has 3 aromatic rings. The summed E-state index contributed by atoms with van der Waals surface area (Å²) in [6.45, 7) is 1.87. The smallest absolute Gasteiger partial charge is 0.216 e. The highest BCUT2D eigenvalue weighted by atomic mass is 19.1. The van der Waals surface area contributed by atoms with E-state index in [2.05, 4.69) is 4.98 Å². The molecule has 0 bridgehead atoms. The Morgan fingerprint density at radius 2 is 1.93 bits per heavy atom. The molecule has 4 rings (SSSR count). The topological polar surface area (TPSA) is 50.5 Å². The molecule has 1 aliphatic heterocycles. The number of hydrogen-bond donors (Lipinski definition) is 0. The van der Waals surface area contributed by atoms with Gasteiger partial charge in [0, 0.05) is 36.5 Å². The minimum atomic E-state index is -0.307. The Bertz CT molecular complexity index is 980. The zero-order valence-corrected chi connectivity index (χ0v) is 14.9. The van der Waals surface area contributed by atoms with Gasteiger partial charge in [0.15, 0.2) is 0 Å². The van der Waals surface area contributed by atoms with Crippen molar-refractivity contribution in [1.82, 2.24) is 9.55 Å². The first-order valence-electron chi connectivity index (χ1n) is 8.90. The SMILES string of the molecule is CCC(=O)CC1c2ccccc2N=C(n2ccnc2)N1c1ccc(F)cc1. The third-order valence-electron chi connectivity index (χ3n) is 4.70. The van der Waals surface area contributed by atoms with E-state index in [1.54, 1.807) is 24.7 Å². The van der Waals surface area contributed by atoms with Gasteiger partial charge in [-0.25, -0.2) is 14.4 Å². The summed E-state index contributed by atoms with van der Waals surface area (Å²) >= 11 is 0. The number of aliphatic imine (C=N–C) groups is 1. The van der Waals surface area contributed by atoms with E-state index in [1.165, 1.54) is 12.1 Å². The summed E-state index contributed by atoms with van der Waals surface area (Å²) in [5.74, 6) is 0.485. The fourth-order valence-corrected chi connectivity index (χ4v) is 3.33. The van der Waals surface area contributed by atoms with Gasteiger partial charge >= 0.3 is 0 Å². The molecule has 2 heterocycles. The molecule has 27 heavy (non-hydrogen) atoms. The average molecular weight is 362 g/mol. The van der Waals surface area contributed by atoms with E-state index in [4.69, 9.17) is 4.99 Å². The maximum atomic E-state index is 13.5. The first-order valence-corrected chi connectivity index (χ1v) is 8.90. The molecule has 0 radical (unpaired) electrons. The van der Waals surface area contributed by atoms with E-state index >= 15 is 0 Å². The molecule has 1 aromatic heterocycles. The van der Waals surface area contributed by atoms with Gasteiger partial charge in [-0.2, -0.15) is 0 Å². The maximum Gasteiger partial charge on any atom is 0.216 e. The Morgan fingerprint density at radius 1 is 1.15 bits per heavy atom. The second-order valence-electron chi connectivity index (χ2n) is 6.40. The first-order chi connectivity index (χ1) is 13.2. The van der Waals surface area contributed by atoms with Gasteiger partial charge < -0.3 is 4.90 Å². The number of aromatic nitrogens is 2. The molecule has 0 saturated carbocycles. The number of Topliss-reactive ketones (excluding diaryl/α,β-unsaturated/α-hetero) is 1. The van der Waals surface area contributed by atoms with Crippen molar-refractivity contribution in [1.29, 1.82) is 0 Å². The second-order valence-corrected chi connectivity index (χ2v) is 6.40. The number of carbonyl (C=O) groups excluding carboxylic acids is 1. The predicted octanol–water partition coefficient (Wildman–Crippen LogP) is 4.49. The molecular weight excluding hydrogens is 343 g/mol. The van der Waals surface area contributed by atoms with E-state index < -0.39 is 0 Å².